The Bertz CT molecular complexity index is 537. The molecule has 1 aliphatic heterocycles. The van der Waals surface area contributed by atoms with E-state index in [9.17, 15) is 0 Å². The first-order valence-corrected chi connectivity index (χ1v) is 7.29. The molecule has 0 aromatic heterocycles. The van der Waals surface area contributed by atoms with Gasteiger partial charge in [0.2, 0.25) is 0 Å². The van der Waals surface area contributed by atoms with Crippen LogP contribution in [0.4, 0.5) is 0 Å². The molecule has 1 fully saturated rings. The lowest BCUT2D eigenvalue weighted by Crippen LogP contribution is -2.36. The van der Waals surface area contributed by atoms with Crippen LogP contribution in [0.5, 0.6) is 5.75 Å². The third-order valence-electron chi connectivity index (χ3n) is 3.73. The standard InChI is InChI=1S/C16H23NO2S/c1-10-6-7-11(14(17)20)8-12(10)18-13-9-15(2,3)19-16(13,4)5/h6-8,13H,9H2,1-5H3,(H2,17,20). The molecule has 2 N–H and O–H groups in total. The van der Waals surface area contributed by atoms with Crippen molar-refractivity contribution in [2.45, 2.75) is 58.3 Å². The van der Waals surface area contributed by atoms with Crippen molar-refractivity contribution in [2.24, 2.45) is 5.73 Å². The highest BCUT2D eigenvalue weighted by atomic mass is 32.1. The summed E-state index contributed by atoms with van der Waals surface area (Å²) in [5, 5.41) is 0. The van der Waals surface area contributed by atoms with Gasteiger partial charge in [-0.3, -0.25) is 0 Å². The molecule has 1 heterocycles. The number of thiocarbonyl (C=S) groups is 1. The summed E-state index contributed by atoms with van der Waals surface area (Å²) in [5.74, 6) is 0.828. The van der Waals surface area contributed by atoms with E-state index < -0.39 is 0 Å². The van der Waals surface area contributed by atoms with E-state index in [1.165, 1.54) is 0 Å². The van der Waals surface area contributed by atoms with Gasteiger partial charge in [-0.1, -0.05) is 24.4 Å². The van der Waals surface area contributed by atoms with Crippen molar-refractivity contribution >= 4 is 17.2 Å². The minimum Gasteiger partial charge on any atom is -0.487 e. The Balaban J connectivity index is 2.26. The maximum absolute atomic E-state index is 6.21. The van der Waals surface area contributed by atoms with Gasteiger partial charge in [-0.25, -0.2) is 0 Å². The molecule has 20 heavy (non-hydrogen) atoms. The van der Waals surface area contributed by atoms with Crippen LogP contribution in [-0.4, -0.2) is 22.3 Å². The molecule has 1 saturated heterocycles. The summed E-state index contributed by atoms with van der Waals surface area (Å²) < 4.78 is 12.3. The van der Waals surface area contributed by atoms with Crippen molar-refractivity contribution in [3.63, 3.8) is 0 Å². The van der Waals surface area contributed by atoms with E-state index in [1.54, 1.807) is 0 Å². The number of aryl methyl sites for hydroxylation is 1. The van der Waals surface area contributed by atoms with Gasteiger partial charge in [0.1, 0.15) is 22.4 Å². The van der Waals surface area contributed by atoms with Crippen molar-refractivity contribution < 1.29 is 9.47 Å². The lowest BCUT2D eigenvalue weighted by atomic mass is 9.97. The van der Waals surface area contributed by atoms with Crippen LogP contribution in [0.15, 0.2) is 18.2 Å². The molecule has 1 aromatic rings. The maximum atomic E-state index is 6.21. The van der Waals surface area contributed by atoms with Crippen LogP contribution in [0.25, 0.3) is 0 Å². The average Bonchev–Trinajstić information content (AvgIpc) is 2.49. The highest BCUT2D eigenvalue weighted by Gasteiger charge is 2.47. The van der Waals surface area contributed by atoms with E-state index in [1.807, 2.05) is 25.1 Å². The Morgan fingerprint density at radius 1 is 1.35 bits per heavy atom. The van der Waals surface area contributed by atoms with E-state index in [0.717, 1.165) is 23.3 Å². The Morgan fingerprint density at radius 3 is 2.50 bits per heavy atom. The molecule has 4 heteroatoms. The van der Waals surface area contributed by atoms with Gasteiger partial charge in [0.25, 0.3) is 0 Å². The number of nitrogens with two attached hydrogens (primary N) is 1. The number of ether oxygens (including phenoxy) is 2. The van der Waals surface area contributed by atoms with Crippen LogP contribution < -0.4 is 10.5 Å². The van der Waals surface area contributed by atoms with Gasteiger partial charge in [0, 0.05) is 12.0 Å². The highest BCUT2D eigenvalue weighted by Crippen LogP contribution is 2.40. The monoisotopic (exact) mass is 293 g/mol. The largest absolute Gasteiger partial charge is 0.487 e. The van der Waals surface area contributed by atoms with Gasteiger partial charge in [0.05, 0.1) is 5.60 Å². The summed E-state index contributed by atoms with van der Waals surface area (Å²) in [5.41, 5.74) is 7.12. The van der Waals surface area contributed by atoms with Crippen molar-refractivity contribution in [2.75, 3.05) is 0 Å². The first-order valence-electron chi connectivity index (χ1n) is 6.88. The fourth-order valence-electron chi connectivity index (χ4n) is 2.73. The van der Waals surface area contributed by atoms with E-state index >= 15 is 0 Å². The molecule has 2 rings (SSSR count). The maximum Gasteiger partial charge on any atom is 0.130 e. The van der Waals surface area contributed by atoms with Gasteiger partial charge in [-0.05, 0) is 46.2 Å². The molecule has 1 aliphatic rings. The fraction of sp³-hybridized carbons (Fsp3) is 0.562. The molecule has 0 radical (unpaired) electrons. The molecular formula is C16H23NO2S. The Kier molecular flexibility index (Phi) is 3.82. The summed E-state index contributed by atoms with van der Waals surface area (Å²) in [7, 11) is 0. The molecule has 110 valence electrons. The third-order valence-corrected chi connectivity index (χ3v) is 3.97. The number of hydrogen-bond acceptors (Lipinski definition) is 3. The van der Waals surface area contributed by atoms with Crippen LogP contribution in [0, 0.1) is 6.92 Å². The number of rotatable bonds is 3. The van der Waals surface area contributed by atoms with E-state index in [0.29, 0.717) is 4.99 Å². The third kappa shape index (κ3) is 3.13. The van der Waals surface area contributed by atoms with E-state index in [2.05, 4.69) is 27.7 Å². The van der Waals surface area contributed by atoms with E-state index in [-0.39, 0.29) is 17.3 Å². The second-order valence-corrected chi connectivity index (χ2v) is 7.06. The molecule has 0 bridgehead atoms. The van der Waals surface area contributed by atoms with Gasteiger partial charge in [-0.15, -0.1) is 0 Å². The average molecular weight is 293 g/mol. The molecule has 0 saturated carbocycles. The SMILES string of the molecule is Cc1ccc(C(N)=S)cc1OC1CC(C)(C)OC1(C)C. The Hall–Kier alpha value is -1.13. The minimum atomic E-state index is -0.310. The predicted octanol–water partition coefficient (Wildman–Crippen LogP) is 3.35. The van der Waals surface area contributed by atoms with Gasteiger partial charge in [-0.2, -0.15) is 0 Å². The second kappa shape index (κ2) is 5.01. The summed E-state index contributed by atoms with van der Waals surface area (Å²) in [6.07, 6.45) is 0.870. The molecule has 1 unspecified atom stereocenters. The predicted molar refractivity (Wildman–Crippen MR) is 85.3 cm³/mol. The lowest BCUT2D eigenvalue weighted by molar-refractivity contribution is -0.0846. The van der Waals surface area contributed by atoms with Crippen molar-refractivity contribution in [3.05, 3.63) is 29.3 Å². The highest BCUT2D eigenvalue weighted by molar-refractivity contribution is 7.80. The molecule has 1 aromatic carbocycles. The Labute approximate surface area is 126 Å². The summed E-state index contributed by atoms with van der Waals surface area (Å²) in [6.45, 7) is 10.3. The quantitative estimate of drug-likeness (QED) is 0.868. The summed E-state index contributed by atoms with van der Waals surface area (Å²) in [4.78, 5) is 0.386. The fourth-order valence-corrected chi connectivity index (χ4v) is 2.86. The summed E-state index contributed by atoms with van der Waals surface area (Å²) in [6, 6.07) is 5.82. The molecular weight excluding hydrogens is 270 g/mol. The minimum absolute atomic E-state index is 0.0118. The van der Waals surface area contributed by atoms with Gasteiger partial charge in [0.15, 0.2) is 0 Å². The second-order valence-electron chi connectivity index (χ2n) is 6.62. The number of benzene rings is 1. The van der Waals surface area contributed by atoms with Crippen LogP contribution >= 0.6 is 12.2 Å². The van der Waals surface area contributed by atoms with Crippen LogP contribution in [0.1, 0.15) is 45.2 Å². The first-order chi connectivity index (χ1) is 9.11. The van der Waals surface area contributed by atoms with Crippen molar-refractivity contribution in [1.82, 2.24) is 0 Å². The van der Waals surface area contributed by atoms with Crippen LogP contribution in [-0.2, 0) is 4.74 Å². The molecule has 1 atom stereocenters. The van der Waals surface area contributed by atoms with Crippen LogP contribution in [0.2, 0.25) is 0 Å². The van der Waals surface area contributed by atoms with Crippen LogP contribution in [0.3, 0.4) is 0 Å². The van der Waals surface area contributed by atoms with Crippen molar-refractivity contribution in [3.8, 4) is 5.75 Å². The molecule has 0 amide bonds. The molecule has 0 aliphatic carbocycles. The Morgan fingerprint density at radius 2 is 2.00 bits per heavy atom. The number of hydrogen-bond donors (Lipinski definition) is 1. The zero-order chi connectivity index (χ0) is 15.1. The van der Waals surface area contributed by atoms with E-state index in [4.69, 9.17) is 27.4 Å². The zero-order valence-corrected chi connectivity index (χ0v) is 13.6. The van der Waals surface area contributed by atoms with Gasteiger partial charge >= 0.3 is 0 Å². The first kappa shape index (κ1) is 15.3. The summed E-state index contributed by atoms with van der Waals surface area (Å²) >= 11 is 5.03. The van der Waals surface area contributed by atoms with Gasteiger partial charge < -0.3 is 15.2 Å². The lowest BCUT2D eigenvalue weighted by Gasteiger charge is -2.28. The topological polar surface area (TPSA) is 44.5 Å². The molecule has 0 spiro atoms. The zero-order valence-electron chi connectivity index (χ0n) is 12.8. The smallest absolute Gasteiger partial charge is 0.130 e. The van der Waals surface area contributed by atoms with Crippen molar-refractivity contribution in [1.29, 1.82) is 0 Å². The normalized spacial score (nSPS) is 23.6. The molecule has 3 nitrogen and oxygen atoms in total.